The van der Waals surface area contributed by atoms with E-state index in [-0.39, 0.29) is 35.0 Å². The number of rotatable bonds is 11. The molecule has 1 unspecified atom stereocenters. The van der Waals surface area contributed by atoms with Crippen LogP contribution >= 0.6 is 0 Å². The fourth-order valence-electron chi connectivity index (χ4n) is 5.06. The van der Waals surface area contributed by atoms with E-state index in [2.05, 4.69) is 10.1 Å². The lowest BCUT2D eigenvalue weighted by atomic mass is 9.87. The smallest absolute Gasteiger partial charge is 0.345 e. The highest BCUT2D eigenvalue weighted by molar-refractivity contribution is 7.91. The van der Waals surface area contributed by atoms with Crippen LogP contribution in [0.2, 0.25) is 0 Å². The minimum Gasteiger partial charge on any atom is -0.394 e. The zero-order chi connectivity index (χ0) is 29.6. The molecule has 41 heavy (non-hydrogen) atoms. The first-order valence-corrected chi connectivity index (χ1v) is 15.0. The van der Waals surface area contributed by atoms with Crippen molar-refractivity contribution < 1.29 is 36.2 Å². The van der Waals surface area contributed by atoms with Gasteiger partial charge in [0.05, 0.1) is 35.9 Å². The molecule has 0 aliphatic carbocycles. The molecule has 0 saturated carbocycles. The number of carbonyl (C=O) groups excluding carboxylic acids is 1. The zero-order valence-electron chi connectivity index (χ0n) is 22.5. The first-order valence-electron chi connectivity index (χ1n) is 13.4. The number of sulfone groups is 1. The van der Waals surface area contributed by atoms with Crippen LogP contribution in [0.15, 0.2) is 77.7 Å². The second kappa shape index (κ2) is 13.5. The van der Waals surface area contributed by atoms with Crippen LogP contribution in [-0.2, 0) is 14.6 Å². The van der Waals surface area contributed by atoms with Crippen LogP contribution in [0.3, 0.4) is 0 Å². The molecule has 220 valence electrons. The Kier molecular flexibility index (Phi) is 10.1. The number of hydrogen-bond acceptors (Lipinski definition) is 6. The summed E-state index contributed by atoms with van der Waals surface area (Å²) < 4.78 is 67.9. The number of halogens is 3. The van der Waals surface area contributed by atoms with Crippen molar-refractivity contribution in [1.82, 2.24) is 5.32 Å². The van der Waals surface area contributed by atoms with Crippen molar-refractivity contribution in [2.75, 3.05) is 30.4 Å². The van der Waals surface area contributed by atoms with Crippen LogP contribution in [0, 0.1) is 5.82 Å². The number of amides is 1. The van der Waals surface area contributed by atoms with E-state index in [1.807, 2.05) is 4.90 Å². The van der Waals surface area contributed by atoms with Gasteiger partial charge in [0, 0.05) is 23.7 Å². The van der Waals surface area contributed by atoms with Crippen LogP contribution in [0.25, 0.3) is 0 Å². The first kappa shape index (κ1) is 30.5. The number of carbonyl (C=O) groups is 1. The van der Waals surface area contributed by atoms with Gasteiger partial charge in [0.25, 0.3) is 5.91 Å². The zero-order valence-corrected chi connectivity index (χ0v) is 23.4. The molecule has 1 aliphatic rings. The number of hydrogen-bond donors (Lipinski definition) is 2. The largest absolute Gasteiger partial charge is 0.394 e. The van der Waals surface area contributed by atoms with Crippen molar-refractivity contribution in [3.05, 3.63) is 95.3 Å². The number of piperidine rings is 1. The standard InChI is InChI=1S/C30H33F3N2O5S/c1-2-41(38,39)27-15-8-21(9-16-27)28(18-36)34-29(37)22-5-12-25(13-6-22)35-17-23(20-3-10-24(31)11-4-20)7-14-26(35)19-40-30(32)33/h3-6,8-13,15-16,23,26,28,30,36H,2,7,14,17-19H2,1H3,(H,34,37)/t23?,26-,28-/m0/s1. The highest BCUT2D eigenvalue weighted by atomic mass is 32.2. The molecule has 11 heteroatoms. The van der Waals surface area contributed by atoms with E-state index in [0.29, 0.717) is 24.1 Å². The lowest BCUT2D eigenvalue weighted by Gasteiger charge is -2.41. The molecule has 1 fully saturated rings. The van der Waals surface area contributed by atoms with Gasteiger partial charge < -0.3 is 20.1 Å². The first-order chi connectivity index (χ1) is 19.6. The van der Waals surface area contributed by atoms with Crippen molar-refractivity contribution in [2.24, 2.45) is 0 Å². The second-order valence-electron chi connectivity index (χ2n) is 9.95. The summed E-state index contributed by atoms with van der Waals surface area (Å²) >= 11 is 0. The Balaban J connectivity index is 1.48. The minimum atomic E-state index is -3.37. The van der Waals surface area contributed by atoms with Crippen LogP contribution in [-0.4, -0.2) is 57.6 Å². The van der Waals surface area contributed by atoms with Gasteiger partial charge in [-0.1, -0.05) is 31.2 Å². The summed E-state index contributed by atoms with van der Waals surface area (Å²) in [5, 5.41) is 12.7. The second-order valence-corrected chi connectivity index (χ2v) is 12.2. The maximum absolute atomic E-state index is 13.4. The molecule has 1 heterocycles. The van der Waals surface area contributed by atoms with Crippen LogP contribution in [0.1, 0.15) is 53.2 Å². The van der Waals surface area contributed by atoms with Crippen molar-refractivity contribution in [2.45, 2.75) is 49.3 Å². The fourth-order valence-corrected chi connectivity index (χ4v) is 5.95. The number of nitrogens with one attached hydrogen (secondary N) is 1. The molecular weight excluding hydrogens is 557 g/mol. The summed E-state index contributed by atoms with van der Waals surface area (Å²) in [4.78, 5) is 15.1. The summed E-state index contributed by atoms with van der Waals surface area (Å²) in [5.41, 5.74) is 2.55. The van der Waals surface area contributed by atoms with Crippen molar-refractivity contribution >= 4 is 21.4 Å². The lowest BCUT2D eigenvalue weighted by Crippen LogP contribution is -2.45. The molecule has 0 radical (unpaired) electrons. The van der Waals surface area contributed by atoms with Crippen LogP contribution in [0.5, 0.6) is 0 Å². The molecule has 1 aliphatic heterocycles. The molecule has 3 aromatic rings. The quantitative estimate of drug-likeness (QED) is 0.324. The van der Waals surface area contributed by atoms with Crippen molar-refractivity contribution in [3.63, 3.8) is 0 Å². The van der Waals surface area contributed by atoms with Gasteiger partial charge in [-0.15, -0.1) is 0 Å². The van der Waals surface area contributed by atoms with E-state index in [0.717, 1.165) is 17.7 Å². The van der Waals surface area contributed by atoms with Crippen LogP contribution in [0.4, 0.5) is 18.9 Å². The van der Waals surface area contributed by atoms with E-state index in [4.69, 9.17) is 0 Å². The number of ether oxygens (including phenoxy) is 1. The highest BCUT2D eigenvalue weighted by Crippen LogP contribution is 2.34. The Labute approximate surface area is 237 Å². The summed E-state index contributed by atoms with van der Waals surface area (Å²) in [6, 6.07) is 17.9. The molecule has 3 aromatic carbocycles. The van der Waals surface area contributed by atoms with Gasteiger partial charge in [-0.2, -0.15) is 8.78 Å². The number of aliphatic hydroxyl groups is 1. The Morgan fingerprint density at radius 2 is 1.68 bits per heavy atom. The van der Waals surface area contributed by atoms with Crippen molar-refractivity contribution in [1.29, 1.82) is 0 Å². The molecule has 4 rings (SSSR count). The lowest BCUT2D eigenvalue weighted by molar-refractivity contribution is -0.133. The summed E-state index contributed by atoms with van der Waals surface area (Å²) in [6.07, 6.45) is 1.32. The topological polar surface area (TPSA) is 95.9 Å². The Hall–Kier alpha value is -3.41. The molecular formula is C30H33F3N2O5S. The predicted molar refractivity (Wildman–Crippen MR) is 149 cm³/mol. The molecule has 2 N–H and O–H groups in total. The number of nitrogens with zero attached hydrogens (tertiary/aromatic N) is 1. The summed E-state index contributed by atoms with van der Waals surface area (Å²) in [5.74, 6) is -0.748. The van der Waals surface area contributed by atoms with Gasteiger partial charge in [0.2, 0.25) is 0 Å². The monoisotopic (exact) mass is 590 g/mol. The van der Waals surface area contributed by atoms with Gasteiger partial charge in [0.1, 0.15) is 5.82 Å². The Morgan fingerprint density at radius 3 is 2.27 bits per heavy atom. The van der Waals surface area contributed by atoms with E-state index in [9.17, 15) is 31.5 Å². The van der Waals surface area contributed by atoms with E-state index < -0.39 is 35.0 Å². The molecule has 1 amide bonds. The normalized spacial score (nSPS) is 18.3. The third kappa shape index (κ3) is 7.66. The summed E-state index contributed by atoms with van der Waals surface area (Å²) in [6.45, 7) is -1.38. The number of anilines is 1. The number of aliphatic hydroxyl groups excluding tert-OH is 1. The highest BCUT2D eigenvalue weighted by Gasteiger charge is 2.30. The third-order valence-electron chi connectivity index (χ3n) is 7.43. The molecule has 7 nitrogen and oxygen atoms in total. The van der Waals surface area contributed by atoms with E-state index in [1.54, 1.807) is 55.5 Å². The third-order valence-corrected chi connectivity index (χ3v) is 9.18. The average Bonchev–Trinajstić information content (AvgIpc) is 2.99. The van der Waals surface area contributed by atoms with E-state index >= 15 is 0 Å². The molecule has 3 atom stereocenters. The summed E-state index contributed by atoms with van der Waals surface area (Å²) in [7, 11) is -3.37. The molecule has 1 saturated heterocycles. The van der Waals surface area contributed by atoms with Gasteiger partial charge >= 0.3 is 6.61 Å². The SMILES string of the molecule is CCS(=O)(=O)c1ccc([C@H](CO)NC(=O)c2ccc(N3CC(c4ccc(F)cc4)CC[C@H]3COC(F)F)cc2)cc1. The fraction of sp³-hybridized carbons (Fsp3) is 0.367. The van der Waals surface area contributed by atoms with Gasteiger partial charge in [0.15, 0.2) is 9.84 Å². The molecule has 0 bridgehead atoms. The van der Waals surface area contributed by atoms with Gasteiger partial charge in [-0.25, -0.2) is 12.8 Å². The predicted octanol–water partition coefficient (Wildman–Crippen LogP) is 5.07. The van der Waals surface area contributed by atoms with Gasteiger partial charge in [-0.3, -0.25) is 4.79 Å². The maximum atomic E-state index is 13.4. The Morgan fingerprint density at radius 1 is 1.02 bits per heavy atom. The minimum absolute atomic E-state index is 0.0349. The molecule has 0 aromatic heterocycles. The van der Waals surface area contributed by atoms with Gasteiger partial charge in [-0.05, 0) is 72.5 Å². The average molecular weight is 591 g/mol. The Bertz CT molecular complexity index is 1400. The number of alkyl halides is 2. The van der Waals surface area contributed by atoms with Crippen LogP contribution < -0.4 is 10.2 Å². The van der Waals surface area contributed by atoms with Crippen molar-refractivity contribution in [3.8, 4) is 0 Å². The van der Waals surface area contributed by atoms with E-state index in [1.165, 1.54) is 24.3 Å². The number of benzene rings is 3. The molecule has 0 spiro atoms. The maximum Gasteiger partial charge on any atom is 0.345 e.